The molecule has 1 aliphatic carbocycles. The summed E-state index contributed by atoms with van der Waals surface area (Å²) in [5, 5.41) is 5.67. The number of nitrogens with one attached hydrogen (secondary N) is 2. The van der Waals surface area contributed by atoms with E-state index in [0.29, 0.717) is 49.8 Å². The minimum absolute atomic E-state index is 0.0146. The Bertz CT molecular complexity index is 1850. The Balaban J connectivity index is 0.932. The average Bonchev–Trinajstić information content (AvgIpc) is 3.78. The molecule has 298 valence electrons. The van der Waals surface area contributed by atoms with Crippen molar-refractivity contribution in [1.82, 2.24) is 24.8 Å². The highest BCUT2D eigenvalue weighted by Gasteiger charge is 2.49. The normalized spacial score (nSPS) is 23.9. The Labute approximate surface area is 323 Å². The first-order valence-electron chi connectivity index (χ1n) is 19.3. The minimum atomic E-state index is -2.15. The number of likely N-dealkylation sites (tertiary alicyclic amines) is 2. The number of ether oxygens (including phenoxy) is 3. The van der Waals surface area contributed by atoms with E-state index in [1.54, 1.807) is 6.20 Å². The van der Waals surface area contributed by atoms with Crippen LogP contribution in [-0.2, 0) is 36.3 Å². The van der Waals surface area contributed by atoms with Gasteiger partial charge in [0.25, 0.3) is 11.8 Å². The molecule has 5 aliphatic rings. The van der Waals surface area contributed by atoms with Gasteiger partial charge in [0.2, 0.25) is 5.91 Å². The van der Waals surface area contributed by atoms with Crippen molar-refractivity contribution in [2.45, 2.75) is 115 Å². The summed E-state index contributed by atoms with van der Waals surface area (Å²) in [6.07, 6.45) is 5.34. The van der Waals surface area contributed by atoms with Crippen LogP contribution in [0.15, 0.2) is 18.5 Å². The average molecular weight is 779 g/mol. The number of carbonyl (C=O) groups excluding carboxylic acids is 4. The Morgan fingerprint density at radius 2 is 1.82 bits per heavy atom. The van der Waals surface area contributed by atoms with Crippen LogP contribution in [0.2, 0.25) is 18.1 Å². The van der Waals surface area contributed by atoms with Gasteiger partial charge in [0.05, 0.1) is 30.7 Å². The molecule has 3 fully saturated rings. The van der Waals surface area contributed by atoms with E-state index in [1.165, 1.54) is 16.0 Å². The molecule has 0 bridgehead atoms. The fourth-order valence-electron chi connectivity index (χ4n) is 7.78. The van der Waals surface area contributed by atoms with Gasteiger partial charge in [-0.1, -0.05) is 20.8 Å². The van der Waals surface area contributed by atoms with Crippen molar-refractivity contribution in [3.8, 4) is 5.88 Å². The Morgan fingerprint density at radius 1 is 1.07 bits per heavy atom. The molecule has 0 radical (unpaired) electrons. The van der Waals surface area contributed by atoms with Crippen molar-refractivity contribution in [1.29, 1.82) is 0 Å². The van der Waals surface area contributed by atoms with Crippen LogP contribution in [0.5, 0.6) is 5.88 Å². The molecule has 4 amide bonds. The molecule has 0 aromatic carbocycles. The SMILES string of the molecule is CC(C)(C)OC(=O)N1C[C@H](O[Si](C)(C)C(C)(C)C)C[C@H]1C(=O)Nc1cnc2c(c1)CC(CN1CCC3(CC1)CN(c1cnc4c(n1)NC(=O)CO4)C(=O)O3)C2. The number of amides is 4. The molecule has 3 saturated heterocycles. The van der Waals surface area contributed by atoms with Crippen LogP contribution < -0.4 is 20.3 Å². The highest BCUT2D eigenvalue weighted by atomic mass is 28.4. The lowest BCUT2D eigenvalue weighted by Crippen LogP contribution is -2.48. The third kappa shape index (κ3) is 8.43. The number of carbonyl (C=O) groups is 4. The predicted octanol–water partition coefficient (Wildman–Crippen LogP) is 4.75. The summed E-state index contributed by atoms with van der Waals surface area (Å²) in [5.41, 5.74) is 1.43. The van der Waals surface area contributed by atoms with Gasteiger partial charge in [-0.25, -0.2) is 19.6 Å². The monoisotopic (exact) mass is 778 g/mol. The van der Waals surface area contributed by atoms with Crippen LogP contribution in [0.4, 0.5) is 26.9 Å². The number of aromatic nitrogens is 3. The zero-order valence-electron chi connectivity index (χ0n) is 33.2. The molecule has 4 aliphatic heterocycles. The number of rotatable bonds is 7. The molecule has 16 nitrogen and oxygen atoms in total. The molecule has 3 atom stereocenters. The molecular formula is C38H54N8O8Si. The van der Waals surface area contributed by atoms with Crippen molar-refractivity contribution >= 4 is 49.6 Å². The molecule has 1 unspecified atom stereocenters. The van der Waals surface area contributed by atoms with Crippen molar-refractivity contribution in [2.24, 2.45) is 5.92 Å². The van der Waals surface area contributed by atoms with Gasteiger partial charge in [0, 0.05) is 51.1 Å². The summed E-state index contributed by atoms with van der Waals surface area (Å²) < 4.78 is 23.6. The van der Waals surface area contributed by atoms with E-state index in [2.05, 4.69) is 59.4 Å². The number of pyridine rings is 1. The maximum Gasteiger partial charge on any atom is 0.416 e. The number of piperidine rings is 1. The molecule has 2 aromatic heterocycles. The third-order valence-corrected chi connectivity index (χ3v) is 16.2. The lowest BCUT2D eigenvalue weighted by molar-refractivity contribution is -0.120. The number of nitrogens with zero attached hydrogens (tertiary/aromatic N) is 6. The van der Waals surface area contributed by atoms with Gasteiger partial charge in [0.15, 0.2) is 26.6 Å². The first-order chi connectivity index (χ1) is 25.8. The van der Waals surface area contributed by atoms with Crippen molar-refractivity contribution in [3.05, 3.63) is 29.7 Å². The van der Waals surface area contributed by atoms with Gasteiger partial charge in [-0.15, -0.1) is 0 Å². The van der Waals surface area contributed by atoms with E-state index in [1.807, 2.05) is 26.8 Å². The minimum Gasteiger partial charge on any atom is -0.465 e. The van der Waals surface area contributed by atoms with Gasteiger partial charge in [0.1, 0.15) is 17.2 Å². The van der Waals surface area contributed by atoms with Gasteiger partial charge < -0.3 is 34.2 Å². The van der Waals surface area contributed by atoms with E-state index in [0.717, 1.165) is 43.7 Å². The maximum absolute atomic E-state index is 13.8. The van der Waals surface area contributed by atoms with E-state index in [9.17, 15) is 19.2 Å². The second kappa shape index (κ2) is 14.3. The molecule has 2 aromatic rings. The second-order valence-electron chi connectivity index (χ2n) is 18.1. The second-order valence-corrected chi connectivity index (χ2v) is 22.9. The Kier molecular flexibility index (Phi) is 10.1. The molecule has 0 saturated carbocycles. The van der Waals surface area contributed by atoms with Crippen LogP contribution >= 0.6 is 0 Å². The Morgan fingerprint density at radius 3 is 2.53 bits per heavy atom. The Hall–Kier alpha value is -4.35. The van der Waals surface area contributed by atoms with Crippen molar-refractivity contribution in [2.75, 3.05) is 54.9 Å². The van der Waals surface area contributed by atoms with Gasteiger partial charge in [-0.05, 0) is 69.3 Å². The summed E-state index contributed by atoms with van der Waals surface area (Å²) in [7, 11) is -2.15. The summed E-state index contributed by atoms with van der Waals surface area (Å²) in [6.45, 7) is 19.3. The van der Waals surface area contributed by atoms with E-state index in [-0.39, 0.29) is 41.3 Å². The van der Waals surface area contributed by atoms with E-state index < -0.39 is 37.7 Å². The highest BCUT2D eigenvalue weighted by molar-refractivity contribution is 6.74. The topological polar surface area (TPSA) is 178 Å². The quantitative estimate of drug-likeness (QED) is 0.370. The van der Waals surface area contributed by atoms with Crippen LogP contribution in [0.25, 0.3) is 0 Å². The van der Waals surface area contributed by atoms with Crippen LogP contribution in [0.3, 0.4) is 0 Å². The zero-order chi connectivity index (χ0) is 39.5. The molecule has 2 N–H and O–H groups in total. The molecule has 7 rings (SSSR count). The largest absolute Gasteiger partial charge is 0.465 e. The smallest absolute Gasteiger partial charge is 0.416 e. The van der Waals surface area contributed by atoms with Crippen molar-refractivity contribution in [3.63, 3.8) is 0 Å². The zero-order valence-corrected chi connectivity index (χ0v) is 34.2. The van der Waals surface area contributed by atoms with Gasteiger partial charge in [-0.3, -0.25) is 24.4 Å². The first kappa shape index (κ1) is 38.9. The molecule has 17 heteroatoms. The molecular weight excluding hydrogens is 725 g/mol. The third-order valence-electron chi connectivity index (χ3n) is 11.6. The number of hydrogen-bond acceptors (Lipinski definition) is 12. The molecule has 55 heavy (non-hydrogen) atoms. The summed E-state index contributed by atoms with van der Waals surface area (Å²) in [6, 6.07) is 1.28. The standard InChI is InChI=1S/C38H54N8O8Si/c1-36(2,3)52-34(49)45-20-26(54-55(7,8)37(4,5)6)16-28(45)32(48)41-25-15-24-13-23(14-27(24)39-17-25)19-44-11-9-38(10-12-44)22-46(35(50)53-38)29-18-40-33-31(42-29)43-30(47)21-51-33/h15,17-18,23,26,28H,9-14,16,19-22H2,1-8H3,(H,41,48)(H,42,43,47)/t23?,26-,28+/m1/s1. The van der Waals surface area contributed by atoms with Gasteiger partial charge >= 0.3 is 12.2 Å². The number of anilines is 3. The molecule has 1 spiro atoms. The maximum atomic E-state index is 13.8. The van der Waals surface area contributed by atoms with Crippen molar-refractivity contribution < 1.29 is 37.8 Å². The first-order valence-corrected chi connectivity index (χ1v) is 22.2. The van der Waals surface area contributed by atoms with E-state index >= 15 is 0 Å². The fourth-order valence-corrected chi connectivity index (χ4v) is 9.14. The van der Waals surface area contributed by atoms with E-state index in [4.69, 9.17) is 23.6 Å². The lowest BCUT2D eigenvalue weighted by atomic mass is 9.90. The fraction of sp³-hybridized carbons (Fsp3) is 0.658. The summed E-state index contributed by atoms with van der Waals surface area (Å²) >= 11 is 0. The van der Waals surface area contributed by atoms with Crippen LogP contribution in [0.1, 0.15) is 72.1 Å². The number of hydrogen-bond donors (Lipinski definition) is 2. The predicted molar refractivity (Wildman–Crippen MR) is 206 cm³/mol. The molecule has 6 heterocycles. The number of fused-ring (bicyclic) bond motifs is 2. The highest BCUT2D eigenvalue weighted by Crippen LogP contribution is 2.40. The summed E-state index contributed by atoms with van der Waals surface area (Å²) in [5.74, 6) is 0.480. The van der Waals surface area contributed by atoms with Crippen LogP contribution in [0, 0.1) is 5.92 Å². The lowest BCUT2D eigenvalue weighted by Gasteiger charge is -2.38. The van der Waals surface area contributed by atoms with Gasteiger partial charge in [-0.2, -0.15) is 0 Å². The van der Waals surface area contributed by atoms with Crippen LogP contribution in [-0.4, -0.2) is 120 Å². The summed E-state index contributed by atoms with van der Waals surface area (Å²) in [4.78, 5) is 70.7.